The van der Waals surface area contributed by atoms with Crippen molar-refractivity contribution in [2.45, 2.75) is 20.3 Å². The number of hydrogen-bond donors (Lipinski definition) is 2. The number of primary amides is 1. The van der Waals surface area contributed by atoms with E-state index in [1.165, 1.54) is 0 Å². The number of amides is 1. The van der Waals surface area contributed by atoms with Gasteiger partial charge in [0.15, 0.2) is 0 Å². The summed E-state index contributed by atoms with van der Waals surface area (Å²) in [4.78, 5) is 11.1. The summed E-state index contributed by atoms with van der Waals surface area (Å²) in [6.07, 6.45) is 1.10. The molecule has 1 spiro atoms. The van der Waals surface area contributed by atoms with Gasteiger partial charge in [-0.15, -0.1) is 0 Å². The molecule has 2 atom stereocenters. The molecule has 68 valence electrons. The third-order valence-corrected chi connectivity index (χ3v) is 3.95. The van der Waals surface area contributed by atoms with Crippen molar-refractivity contribution in [3.8, 4) is 0 Å². The Morgan fingerprint density at radius 3 is 2.58 bits per heavy atom. The molecule has 0 aromatic heterocycles. The number of hydrogen-bond acceptors (Lipinski definition) is 2. The van der Waals surface area contributed by atoms with Crippen LogP contribution in [0.3, 0.4) is 0 Å². The molecular formula is C9H16N2O. The molecule has 0 aromatic carbocycles. The first-order valence-electron chi connectivity index (χ1n) is 4.52. The van der Waals surface area contributed by atoms with E-state index in [0.717, 1.165) is 19.5 Å². The lowest BCUT2D eigenvalue weighted by atomic mass is 9.95. The van der Waals surface area contributed by atoms with Gasteiger partial charge in [-0.3, -0.25) is 4.79 Å². The number of carbonyl (C=O) groups excluding carboxylic acids is 1. The molecule has 2 unspecified atom stereocenters. The Balaban J connectivity index is 2.24. The lowest BCUT2D eigenvalue weighted by molar-refractivity contribution is -0.120. The van der Waals surface area contributed by atoms with Crippen LogP contribution in [0, 0.1) is 16.7 Å². The Kier molecular flexibility index (Phi) is 1.35. The van der Waals surface area contributed by atoms with Crippen LogP contribution in [0.15, 0.2) is 0 Å². The van der Waals surface area contributed by atoms with Crippen molar-refractivity contribution in [3.05, 3.63) is 0 Å². The minimum atomic E-state index is -0.122. The summed E-state index contributed by atoms with van der Waals surface area (Å²) >= 11 is 0. The molecule has 1 amide bonds. The number of rotatable bonds is 1. The summed E-state index contributed by atoms with van der Waals surface area (Å²) in [7, 11) is 0. The fraction of sp³-hybridized carbons (Fsp3) is 0.889. The van der Waals surface area contributed by atoms with E-state index in [4.69, 9.17) is 5.73 Å². The van der Waals surface area contributed by atoms with Crippen molar-refractivity contribution < 1.29 is 4.79 Å². The summed E-state index contributed by atoms with van der Waals surface area (Å²) in [6, 6.07) is 0. The van der Waals surface area contributed by atoms with E-state index in [2.05, 4.69) is 19.2 Å². The van der Waals surface area contributed by atoms with Crippen LogP contribution in [0.4, 0.5) is 0 Å². The van der Waals surface area contributed by atoms with Gasteiger partial charge in [0.25, 0.3) is 0 Å². The second-order valence-corrected chi connectivity index (χ2v) is 4.64. The zero-order valence-electron chi connectivity index (χ0n) is 7.68. The number of nitrogens with one attached hydrogen (secondary N) is 1. The van der Waals surface area contributed by atoms with E-state index in [1.807, 2.05) is 0 Å². The minimum Gasteiger partial charge on any atom is -0.369 e. The van der Waals surface area contributed by atoms with Gasteiger partial charge < -0.3 is 11.1 Å². The molecule has 3 N–H and O–H groups in total. The Morgan fingerprint density at radius 2 is 2.25 bits per heavy atom. The van der Waals surface area contributed by atoms with Crippen molar-refractivity contribution in [1.29, 1.82) is 0 Å². The molecule has 3 nitrogen and oxygen atoms in total. The monoisotopic (exact) mass is 168 g/mol. The highest BCUT2D eigenvalue weighted by molar-refractivity contribution is 5.82. The lowest BCUT2D eigenvalue weighted by Crippen LogP contribution is -2.20. The average molecular weight is 168 g/mol. The Bertz CT molecular complexity index is 229. The fourth-order valence-electron chi connectivity index (χ4n) is 3.08. The molecule has 1 heterocycles. The third-order valence-electron chi connectivity index (χ3n) is 3.95. The van der Waals surface area contributed by atoms with Crippen molar-refractivity contribution in [3.63, 3.8) is 0 Å². The summed E-state index contributed by atoms with van der Waals surface area (Å²) in [5, 5.41) is 3.31. The highest BCUT2D eigenvalue weighted by Gasteiger charge is 2.73. The maximum absolute atomic E-state index is 11.1. The van der Waals surface area contributed by atoms with E-state index >= 15 is 0 Å². The van der Waals surface area contributed by atoms with Gasteiger partial charge in [-0.05, 0) is 18.4 Å². The quantitative estimate of drug-likeness (QED) is 0.583. The second kappa shape index (κ2) is 2.02. The highest BCUT2D eigenvalue weighted by Crippen LogP contribution is 2.71. The number of carbonyl (C=O) groups is 1. The molecule has 3 heteroatoms. The highest BCUT2D eigenvalue weighted by atomic mass is 16.1. The van der Waals surface area contributed by atoms with E-state index in [-0.39, 0.29) is 22.7 Å². The largest absolute Gasteiger partial charge is 0.369 e. The van der Waals surface area contributed by atoms with Crippen LogP contribution in [0.5, 0.6) is 0 Å². The van der Waals surface area contributed by atoms with Gasteiger partial charge in [0, 0.05) is 12.0 Å². The Labute approximate surface area is 72.7 Å². The van der Waals surface area contributed by atoms with Crippen LogP contribution in [-0.2, 0) is 4.79 Å². The second-order valence-electron chi connectivity index (χ2n) is 4.64. The summed E-state index contributed by atoms with van der Waals surface area (Å²) < 4.78 is 0. The molecule has 0 aromatic rings. The fourth-order valence-corrected chi connectivity index (χ4v) is 3.08. The lowest BCUT2D eigenvalue weighted by Gasteiger charge is -2.09. The topological polar surface area (TPSA) is 55.1 Å². The van der Waals surface area contributed by atoms with Crippen LogP contribution in [0.1, 0.15) is 20.3 Å². The summed E-state index contributed by atoms with van der Waals surface area (Å²) in [5.41, 5.74) is 5.68. The van der Waals surface area contributed by atoms with E-state index in [1.54, 1.807) is 0 Å². The first kappa shape index (κ1) is 8.05. The van der Waals surface area contributed by atoms with Crippen molar-refractivity contribution in [2.75, 3.05) is 13.1 Å². The van der Waals surface area contributed by atoms with Gasteiger partial charge in [-0.25, -0.2) is 0 Å². The molecule has 0 radical (unpaired) electrons. The van der Waals surface area contributed by atoms with Gasteiger partial charge >= 0.3 is 0 Å². The Morgan fingerprint density at radius 1 is 1.58 bits per heavy atom. The van der Waals surface area contributed by atoms with Gasteiger partial charge in [0.05, 0.1) is 5.92 Å². The maximum Gasteiger partial charge on any atom is 0.221 e. The predicted molar refractivity (Wildman–Crippen MR) is 46.4 cm³/mol. The zero-order chi connectivity index (χ0) is 8.98. The van der Waals surface area contributed by atoms with Crippen LogP contribution in [-0.4, -0.2) is 19.0 Å². The molecular weight excluding hydrogens is 152 g/mol. The Hall–Kier alpha value is -0.570. The first-order chi connectivity index (χ1) is 5.52. The third kappa shape index (κ3) is 0.678. The van der Waals surface area contributed by atoms with Crippen LogP contribution in [0.25, 0.3) is 0 Å². The first-order valence-corrected chi connectivity index (χ1v) is 4.52. The summed E-state index contributed by atoms with van der Waals surface area (Å²) in [6.45, 7) is 6.30. The molecule has 1 aliphatic carbocycles. The minimum absolute atomic E-state index is 0.0972. The molecule has 1 aliphatic heterocycles. The smallest absolute Gasteiger partial charge is 0.221 e. The molecule has 1 saturated carbocycles. The van der Waals surface area contributed by atoms with Crippen molar-refractivity contribution in [2.24, 2.45) is 22.5 Å². The molecule has 1 saturated heterocycles. The number of nitrogens with two attached hydrogens (primary N) is 1. The molecule has 2 rings (SSSR count). The molecule has 0 bridgehead atoms. The predicted octanol–water partition coefficient (Wildman–Crippen LogP) is 0.107. The van der Waals surface area contributed by atoms with Crippen molar-refractivity contribution >= 4 is 5.91 Å². The van der Waals surface area contributed by atoms with Crippen LogP contribution < -0.4 is 11.1 Å². The zero-order valence-corrected chi connectivity index (χ0v) is 7.68. The van der Waals surface area contributed by atoms with Gasteiger partial charge in [0.2, 0.25) is 5.91 Å². The molecule has 2 fully saturated rings. The average Bonchev–Trinajstić information content (AvgIpc) is 2.32. The van der Waals surface area contributed by atoms with Crippen LogP contribution in [0.2, 0.25) is 0 Å². The van der Waals surface area contributed by atoms with Crippen molar-refractivity contribution in [1.82, 2.24) is 5.32 Å². The summed E-state index contributed by atoms with van der Waals surface area (Å²) in [5.74, 6) is -0.0244. The van der Waals surface area contributed by atoms with Gasteiger partial charge in [-0.2, -0.15) is 0 Å². The van der Waals surface area contributed by atoms with E-state index < -0.39 is 0 Å². The van der Waals surface area contributed by atoms with E-state index in [9.17, 15) is 4.79 Å². The normalized spacial score (nSPS) is 43.3. The SMILES string of the molecule is CC1(C)C(C(N)=O)C12CCNC2. The molecule has 12 heavy (non-hydrogen) atoms. The van der Waals surface area contributed by atoms with Crippen LogP contribution >= 0.6 is 0 Å². The van der Waals surface area contributed by atoms with Gasteiger partial charge in [0.1, 0.15) is 0 Å². The molecule has 2 aliphatic rings. The maximum atomic E-state index is 11.1. The van der Waals surface area contributed by atoms with Gasteiger partial charge in [-0.1, -0.05) is 13.8 Å². The van der Waals surface area contributed by atoms with E-state index in [0.29, 0.717) is 0 Å². The standard InChI is InChI=1S/C9H16N2O/c1-8(2)6(7(10)12)9(8)3-4-11-5-9/h6,11H,3-5H2,1-2H3,(H2,10,12).